The molecule has 0 bridgehead atoms. The van der Waals surface area contributed by atoms with E-state index in [1.165, 1.54) is 0 Å². The Kier molecular flexibility index (Phi) is 10.2. The molecular formula is C22H35N5O2. The molecule has 1 aliphatic heterocycles. The highest BCUT2D eigenvalue weighted by molar-refractivity contribution is 5.90. The van der Waals surface area contributed by atoms with Gasteiger partial charge in [-0.15, -0.1) is 6.58 Å². The number of allylic oxidation sites excluding steroid dienone is 1. The second kappa shape index (κ2) is 13.0. The normalized spacial score (nSPS) is 15.0. The van der Waals surface area contributed by atoms with Gasteiger partial charge >= 0.3 is 0 Å². The molecule has 2 N–H and O–H groups in total. The molecule has 0 radical (unpaired) electrons. The average molecular weight is 402 g/mol. The largest absolute Gasteiger partial charge is 0.379 e. The Morgan fingerprint density at radius 2 is 2.17 bits per heavy atom. The zero-order valence-electron chi connectivity index (χ0n) is 17.8. The fourth-order valence-corrected chi connectivity index (χ4v) is 3.21. The third-order valence-corrected chi connectivity index (χ3v) is 4.90. The van der Waals surface area contributed by atoms with Crippen molar-refractivity contribution in [2.45, 2.75) is 25.8 Å². The highest BCUT2D eigenvalue weighted by Gasteiger charge is 2.12. The van der Waals surface area contributed by atoms with Crippen molar-refractivity contribution in [2.24, 2.45) is 4.99 Å². The molecule has 0 aliphatic carbocycles. The highest BCUT2D eigenvalue weighted by Crippen LogP contribution is 2.11. The Labute approximate surface area is 174 Å². The Morgan fingerprint density at radius 3 is 2.90 bits per heavy atom. The molecule has 0 atom stereocenters. The van der Waals surface area contributed by atoms with Crippen molar-refractivity contribution < 1.29 is 9.53 Å². The molecule has 0 spiro atoms. The number of anilines is 1. The molecule has 2 rings (SSSR count). The molecule has 160 valence electrons. The summed E-state index contributed by atoms with van der Waals surface area (Å²) >= 11 is 0. The number of carbonyl (C=O) groups is 1. The zero-order chi connectivity index (χ0) is 20.9. The number of rotatable bonds is 10. The number of nitrogens with zero attached hydrogens (tertiary/aromatic N) is 3. The molecule has 1 aliphatic rings. The van der Waals surface area contributed by atoms with E-state index in [2.05, 4.69) is 32.0 Å². The first-order valence-corrected chi connectivity index (χ1v) is 10.3. The maximum Gasteiger partial charge on any atom is 0.225 e. The fraction of sp³-hybridized carbons (Fsp3) is 0.545. The van der Waals surface area contributed by atoms with Crippen molar-refractivity contribution in [3.05, 3.63) is 42.5 Å². The second-order valence-corrected chi connectivity index (χ2v) is 7.21. The van der Waals surface area contributed by atoms with Gasteiger partial charge in [0.1, 0.15) is 0 Å². The summed E-state index contributed by atoms with van der Waals surface area (Å²) in [6.45, 7) is 9.41. The van der Waals surface area contributed by atoms with Gasteiger partial charge in [0.05, 0.1) is 13.2 Å². The van der Waals surface area contributed by atoms with E-state index >= 15 is 0 Å². The van der Waals surface area contributed by atoms with Crippen LogP contribution in [-0.4, -0.2) is 75.2 Å². The maximum absolute atomic E-state index is 12.3. The number of hydrogen-bond acceptors (Lipinski definition) is 4. The third-order valence-electron chi connectivity index (χ3n) is 4.90. The number of ether oxygens (including phenoxy) is 1. The number of morpholine rings is 1. The van der Waals surface area contributed by atoms with Gasteiger partial charge in [-0.05, 0) is 30.5 Å². The molecule has 1 saturated heterocycles. The lowest BCUT2D eigenvalue weighted by Gasteiger charge is -2.26. The van der Waals surface area contributed by atoms with Crippen molar-refractivity contribution in [1.82, 2.24) is 15.1 Å². The van der Waals surface area contributed by atoms with Crippen LogP contribution in [0.2, 0.25) is 0 Å². The molecule has 1 fully saturated rings. The Balaban J connectivity index is 1.78. The summed E-state index contributed by atoms with van der Waals surface area (Å²) in [6.07, 6.45) is 4.47. The van der Waals surface area contributed by atoms with Crippen LogP contribution in [0, 0.1) is 0 Å². The molecule has 29 heavy (non-hydrogen) atoms. The fourth-order valence-electron chi connectivity index (χ4n) is 3.21. The first-order chi connectivity index (χ1) is 14.1. The van der Waals surface area contributed by atoms with Gasteiger partial charge in [-0.25, -0.2) is 0 Å². The summed E-state index contributed by atoms with van der Waals surface area (Å²) in [7, 11) is 3.82. The van der Waals surface area contributed by atoms with Gasteiger partial charge in [0, 0.05) is 58.9 Å². The second-order valence-electron chi connectivity index (χ2n) is 7.21. The topological polar surface area (TPSA) is 69.2 Å². The van der Waals surface area contributed by atoms with Crippen molar-refractivity contribution in [3.63, 3.8) is 0 Å². The molecule has 0 aromatic heterocycles. The first-order valence-electron chi connectivity index (χ1n) is 10.3. The van der Waals surface area contributed by atoms with Gasteiger partial charge in [-0.2, -0.15) is 0 Å². The zero-order valence-corrected chi connectivity index (χ0v) is 17.8. The van der Waals surface area contributed by atoms with Crippen LogP contribution in [-0.2, 0) is 16.1 Å². The molecule has 7 heteroatoms. The van der Waals surface area contributed by atoms with E-state index < -0.39 is 0 Å². The number of guanidine groups is 1. The van der Waals surface area contributed by atoms with E-state index in [4.69, 9.17) is 4.74 Å². The van der Waals surface area contributed by atoms with Crippen molar-refractivity contribution >= 4 is 17.6 Å². The molecule has 1 aromatic carbocycles. The summed E-state index contributed by atoms with van der Waals surface area (Å²) in [5.41, 5.74) is 1.92. The van der Waals surface area contributed by atoms with E-state index in [9.17, 15) is 4.79 Å². The number of benzene rings is 1. The van der Waals surface area contributed by atoms with Crippen LogP contribution in [0.4, 0.5) is 5.69 Å². The summed E-state index contributed by atoms with van der Waals surface area (Å²) in [5.74, 6) is 0.897. The number of hydrogen-bond donors (Lipinski definition) is 2. The van der Waals surface area contributed by atoms with E-state index in [-0.39, 0.29) is 5.91 Å². The lowest BCUT2D eigenvalue weighted by atomic mass is 10.2. The van der Waals surface area contributed by atoms with Crippen LogP contribution in [0.25, 0.3) is 0 Å². The van der Waals surface area contributed by atoms with Gasteiger partial charge in [0.25, 0.3) is 0 Å². The minimum Gasteiger partial charge on any atom is -0.379 e. The van der Waals surface area contributed by atoms with Gasteiger partial charge < -0.3 is 20.3 Å². The van der Waals surface area contributed by atoms with Crippen LogP contribution in [0.5, 0.6) is 0 Å². The Bertz CT molecular complexity index is 671. The summed E-state index contributed by atoms with van der Waals surface area (Å²) in [6, 6.07) is 7.93. The molecule has 7 nitrogen and oxygen atoms in total. The molecule has 1 amide bonds. The smallest absolute Gasteiger partial charge is 0.225 e. The van der Waals surface area contributed by atoms with Crippen molar-refractivity contribution in [2.75, 3.05) is 58.8 Å². The van der Waals surface area contributed by atoms with E-state index in [1.54, 1.807) is 7.05 Å². The Morgan fingerprint density at radius 1 is 1.38 bits per heavy atom. The van der Waals surface area contributed by atoms with Crippen LogP contribution >= 0.6 is 0 Å². The molecule has 0 saturated carbocycles. The summed E-state index contributed by atoms with van der Waals surface area (Å²) < 4.78 is 5.34. The average Bonchev–Trinajstić information content (AvgIpc) is 2.74. The number of unbranched alkanes of at least 4 members (excludes halogenated alkanes) is 1. The molecule has 1 heterocycles. The minimum absolute atomic E-state index is 0.0411. The number of amides is 1. The molecule has 1 aromatic rings. The third kappa shape index (κ3) is 8.66. The van der Waals surface area contributed by atoms with Gasteiger partial charge in [0.2, 0.25) is 5.91 Å². The highest BCUT2D eigenvalue weighted by atomic mass is 16.5. The van der Waals surface area contributed by atoms with Crippen LogP contribution < -0.4 is 10.6 Å². The predicted octanol–water partition coefficient (Wildman–Crippen LogP) is 2.32. The number of aliphatic imine (C=N–C) groups is 1. The van der Waals surface area contributed by atoms with Crippen LogP contribution in [0.15, 0.2) is 41.9 Å². The predicted molar refractivity (Wildman–Crippen MR) is 119 cm³/mol. The molecular weight excluding hydrogens is 366 g/mol. The quantitative estimate of drug-likeness (QED) is 0.273. The van der Waals surface area contributed by atoms with Gasteiger partial charge in [-0.1, -0.05) is 18.2 Å². The lowest BCUT2D eigenvalue weighted by molar-refractivity contribution is -0.116. The minimum atomic E-state index is 0.0411. The number of carbonyl (C=O) groups excluding carboxylic acids is 1. The van der Waals surface area contributed by atoms with Crippen LogP contribution in [0.1, 0.15) is 24.8 Å². The first kappa shape index (κ1) is 22.9. The van der Waals surface area contributed by atoms with Gasteiger partial charge in [-0.3, -0.25) is 14.7 Å². The summed E-state index contributed by atoms with van der Waals surface area (Å²) in [4.78, 5) is 21.0. The van der Waals surface area contributed by atoms with Crippen molar-refractivity contribution in [1.29, 1.82) is 0 Å². The standard InChI is InChI=1S/C22H35N5O2/c1-4-5-6-11-26(3)22(23-2)24-18-19-8-7-9-20(17-19)25-21(28)10-12-27-13-15-29-16-14-27/h4,7-9,17H,1,5-6,10-16,18H2,2-3H3,(H,23,24)(H,25,28). The van der Waals surface area contributed by atoms with Crippen molar-refractivity contribution in [3.8, 4) is 0 Å². The molecule has 0 unspecified atom stereocenters. The SMILES string of the molecule is C=CCCCN(C)C(=NC)NCc1cccc(NC(=O)CCN2CCOCC2)c1. The summed E-state index contributed by atoms with van der Waals surface area (Å²) in [5, 5.41) is 6.39. The van der Waals surface area contributed by atoms with E-state index in [1.807, 2.05) is 37.4 Å². The van der Waals surface area contributed by atoms with Gasteiger partial charge in [0.15, 0.2) is 5.96 Å². The Hall–Kier alpha value is -2.38. The monoisotopic (exact) mass is 401 g/mol. The number of nitrogens with one attached hydrogen (secondary N) is 2. The lowest BCUT2D eigenvalue weighted by Crippen LogP contribution is -2.39. The maximum atomic E-state index is 12.3. The van der Waals surface area contributed by atoms with E-state index in [0.29, 0.717) is 13.0 Å². The van der Waals surface area contributed by atoms with Crippen LogP contribution in [0.3, 0.4) is 0 Å². The van der Waals surface area contributed by atoms with E-state index in [0.717, 1.165) is 69.4 Å².